The number of ether oxygens (including phenoxy) is 2. The molecule has 3 nitrogen and oxygen atoms in total. The van der Waals surface area contributed by atoms with Crippen molar-refractivity contribution in [2.45, 2.75) is 25.8 Å². The van der Waals surface area contributed by atoms with Gasteiger partial charge in [-0.15, -0.1) is 0 Å². The number of hydrogen-bond acceptors (Lipinski definition) is 3. The fourth-order valence-electron chi connectivity index (χ4n) is 2.30. The first-order valence-corrected chi connectivity index (χ1v) is 6.72. The summed E-state index contributed by atoms with van der Waals surface area (Å²) in [7, 11) is 1.70. The van der Waals surface area contributed by atoms with E-state index in [2.05, 4.69) is 24.4 Å². The van der Waals surface area contributed by atoms with Gasteiger partial charge in [-0.05, 0) is 43.4 Å². The third-order valence-electron chi connectivity index (χ3n) is 3.48. The molecule has 18 heavy (non-hydrogen) atoms. The topological polar surface area (TPSA) is 30.5 Å². The summed E-state index contributed by atoms with van der Waals surface area (Å²) in [6.07, 6.45) is 2.25. The highest BCUT2D eigenvalue weighted by Gasteiger charge is 2.16. The molecule has 1 saturated heterocycles. The summed E-state index contributed by atoms with van der Waals surface area (Å²) < 4.78 is 10.5. The maximum Gasteiger partial charge on any atom is 0.118 e. The van der Waals surface area contributed by atoms with Crippen molar-refractivity contribution in [3.8, 4) is 5.75 Å². The minimum absolute atomic E-state index is 0.499. The van der Waals surface area contributed by atoms with Crippen LogP contribution in [-0.4, -0.2) is 32.9 Å². The molecule has 1 aromatic rings. The molecule has 2 atom stereocenters. The zero-order valence-corrected chi connectivity index (χ0v) is 11.3. The van der Waals surface area contributed by atoms with E-state index in [4.69, 9.17) is 9.47 Å². The van der Waals surface area contributed by atoms with E-state index < -0.39 is 0 Å². The molecule has 2 rings (SSSR count). The first-order chi connectivity index (χ1) is 8.78. The van der Waals surface area contributed by atoms with Gasteiger partial charge in [0.15, 0.2) is 0 Å². The Morgan fingerprint density at radius 1 is 1.39 bits per heavy atom. The van der Waals surface area contributed by atoms with Gasteiger partial charge in [-0.2, -0.15) is 0 Å². The minimum Gasteiger partial charge on any atom is -0.497 e. The summed E-state index contributed by atoms with van der Waals surface area (Å²) >= 11 is 0. The number of nitrogens with one attached hydrogen (secondary N) is 1. The first-order valence-electron chi connectivity index (χ1n) is 6.72. The van der Waals surface area contributed by atoms with E-state index >= 15 is 0 Å². The Balaban J connectivity index is 1.73. The molecule has 0 aromatic heterocycles. The van der Waals surface area contributed by atoms with Gasteiger partial charge in [-0.1, -0.05) is 12.1 Å². The summed E-state index contributed by atoms with van der Waals surface area (Å²) in [5.74, 6) is 1.62. The molecule has 0 spiro atoms. The van der Waals surface area contributed by atoms with Crippen molar-refractivity contribution >= 4 is 0 Å². The van der Waals surface area contributed by atoms with Gasteiger partial charge in [0.1, 0.15) is 5.75 Å². The lowest BCUT2D eigenvalue weighted by Crippen LogP contribution is -2.32. The first kappa shape index (κ1) is 13.4. The molecule has 2 unspecified atom stereocenters. The van der Waals surface area contributed by atoms with Crippen molar-refractivity contribution in [3.05, 3.63) is 29.8 Å². The van der Waals surface area contributed by atoms with Crippen molar-refractivity contribution < 1.29 is 9.47 Å². The predicted molar refractivity (Wildman–Crippen MR) is 73.1 cm³/mol. The van der Waals surface area contributed by atoms with Crippen LogP contribution in [0, 0.1) is 5.92 Å². The van der Waals surface area contributed by atoms with Crippen LogP contribution in [-0.2, 0) is 11.2 Å². The molecule has 1 aliphatic heterocycles. The molecule has 0 radical (unpaired) electrons. The predicted octanol–water partition coefficient (Wildman–Crippen LogP) is 2.25. The average molecular weight is 249 g/mol. The van der Waals surface area contributed by atoms with E-state index in [1.165, 1.54) is 12.0 Å². The molecular weight excluding hydrogens is 226 g/mol. The Morgan fingerprint density at radius 2 is 2.17 bits per heavy atom. The van der Waals surface area contributed by atoms with E-state index in [1.54, 1.807) is 7.11 Å². The summed E-state index contributed by atoms with van der Waals surface area (Å²) in [6.45, 7) is 5.15. The van der Waals surface area contributed by atoms with Gasteiger partial charge < -0.3 is 14.8 Å². The van der Waals surface area contributed by atoms with Crippen LogP contribution in [0.4, 0.5) is 0 Å². The molecule has 1 aromatic carbocycles. The van der Waals surface area contributed by atoms with Crippen molar-refractivity contribution in [2.75, 3.05) is 26.9 Å². The monoisotopic (exact) mass is 249 g/mol. The molecule has 100 valence electrons. The summed E-state index contributed by atoms with van der Waals surface area (Å²) in [6, 6.07) is 8.81. The largest absolute Gasteiger partial charge is 0.497 e. The number of benzene rings is 1. The highest BCUT2D eigenvalue weighted by molar-refractivity contribution is 5.27. The fraction of sp³-hybridized carbons (Fsp3) is 0.600. The number of methoxy groups -OCH3 is 1. The van der Waals surface area contributed by atoms with E-state index in [-0.39, 0.29) is 0 Å². The molecule has 3 heteroatoms. The lowest BCUT2D eigenvalue weighted by molar-refractivity contribution is 0.184. The molecule has 1 heterocycles. The second-order valence-electron chi connectivity index (χ2n) is 5.09. The molecule has 0 aliphatic carbocycles. The molecular formula is C15H23NO2. The molecule has 0 amide bonds. The van der Waals surface area contributed by atoms with Crippen LogP contribution in [0.2, 0.25) is 0 Å². The lowest BCUT2D eigenvalue weighted by Gasteiger charge is -2.16. The molecule has 1 fully saturated rings. The molecule has 0 saturated carbocycles. The maximum absolute atomic E-state index is 5.38. The van der Waals surface area contributed by atoms with Gasteiger partial charge in [0.2, 0.25) is 0 Å². The zero-order chi connectivity index (χ0) is 12.8. The minimum atomic E-state index is 0.499. The normalized spacial score (nSPS) is 20.9. The van der Waals surface area contributed by atoms with Crippen molar-refractivity contribution in [1.29, 1.82) is 0 Å². The summed E-state index contributed by atoms with van der Waals surface area (Å²) in [5, 5.41) is 3.59. The fourth-order valence-corrected chi connectivity index (χ4v) is 2.30. The lowest BCUT2D eigenvalue weighted by atomic mass is 10.1. The standard InChI is InChI=1S/C15H23NO2/c1-12(16-10-14-7-8-18-11-14)9-13-3-5-15(17-2)6-4-13/h3-6,12,14,16H,7-11H2,1-2H3. The zero-order valence-electron chi connectivity index (χ0n) is 11.3. The van der Waals surface area contributed by atoms with Crippen LogP contribution in [0.25, 0.3) is 0 Å². The SMILES string of the molecule is COc1ccc(CC(C)NCC2CCOC2)cc1. The van der Waals surface area contributed by atoms with Crippen LogP contribution in [0.5, 0.6) is 5.75 Å². The highest BCUT2D eigenvalue weighted by Crippen LogP contribution is 2.14. The summed E-state index contributed by atoms with van der Waals surface area (Å²) in [5.41, 5.74) is 1.35. The average Bonchev–Trinajstić information content (AvgIpc) is 2.90. The van der Waals surface area contributed by atoms with Gasteiger partial charge in [0.25, 0.3) is 0 Å². The number of rotatable bonds is 6. The van der Waals surface area contributed by atoms with Crippen molar-refractivity contribution in [2.24, 2.45) is 5.92 Å². The van der Waals surface area contributed by atoms with E-state index in [0.717, 1.165) is 31.9 Å². The van der Waals surface area contributed by atoms with Crippen molar-refractivity contribution in [1.82, 2.24) is 5.32 Å². The third-order valence-corrected chi connectivity index (χ3v) is 3.48. The third kappa shape index (κ3) is 4.00. The van der Waals surface area contributed by atoms with Crippen LogP contribution >= 0.6 is 0 Å². The van der Waals surface area contributed by atoms with Crippen LogP contribution in [0.3, 0.4) is 0 Å². The van der Waals surface area contributed by atoms with Gasteiger partial charge in [0, 0.05) is 19.2 Å². The van der Waals surface area contributed by atoms with E-state index in [9.17, 15) is 0 Å². The smallest absolute Gasteiger partial charge is 0.118 e. The Labute approximate surface area is 109 Å². The second kappa shape index (κ2) is 6.76. The summed E-state index contributed by atoms with van der Waals surface area (Å²) in [4.78, 5) is 0. The van der Waals surface area contributed by atoms with Gasteiger partial charge in [0.05, 0.1) is 13.7 Å². The van der Waals surface area contributed by atoms with Crippen molar-refractivity contribution in [3.63, 3.8) is 0 Å². The van der Waals surface area contributed by atoms with E-state index in [1.807, 2.05) is 12.1 Å². The molecule has 0 bridgehead atoms. The Hall–Kier alpha value is -1.06. The maximum atomic E-state index is 5.38. The van der Waals surface area contributed by atoms with Crippen LogP contribution in [0.15, 0.2) is 24.3 Å². The Bertz CT molecular complexity index is 344. The number of hydrogen-bond donors (Lipinski definition) is 1. The Kier molecular flexibility index (Phi) is 5.02. The van der Waals surface area contributed by atoms with Gasteiger partial charge in [-0.3, -0.25) is 0 Å². The van der Waals surface area contributed by atoms with Gasteiger partial charge >= 0.3 is 0 Å². The second-order valence-corrected chi connectivity index (χ2v) is 5.09. The molecule has 1 aliphatic rings. The highest BCUT2D eigenvalue weighted by atomic mass is 16.5. The van der Waals surface area contributed by atoms with E-state index in [0.29, 0.717) is 12.0 Å². The van der Waals surface area contributed by atoms with Gasteiger partial charge in [-0.25, -0.2) is 0 Å². The van der Waals surface area contributed by atoms with Crippen LogP contribution in [0.1, 0.15) is 18.9 Å². The quantitative estimate of drug-likeness (QED) is 0.839. The van der Waals surface area contributed by atoms with Crippen LogP contribution < -0.4 is 10.1 Å². The Morgan fingerprint density at radius 3 is 2.78 bits per heavy atom. The molecule has 1 N–H and O–H groups in total.